The van der Waals surface area contributed by atoms with Crippen LogP contribution in [0.3, 0.4) is 0 Å². The highest BCUT2D eigenvalue weighted by atomic mass is 16.2. The van der Waals surface area contributed by atoms with Crippen LogP contribution in [0.1, 0.15) is 19.3 Å². The molecule has 0 aliphatic heterocycles. The van der Waals surface area contributed by atoms with Gasteiger partial charge in [0.25, 0.3) is 0 Å². The van der Waals surface area contributed by atoms with Gasteiger partial charge >= 0.3 is 6.03 Å². The largest absolute Gasteiger partial charge is 0.369 e. The SMILES string of the molecule is NC(=O)C1CCCC1NC(=O)Nc1ccncc1. The van der Waals surface area contributed by atoms with Crippen molar-refractivity contribution in [2.45, 2.75) is 25.3 Å². The Morgan fingerprint density at radius 2 is 2.00 bits per heavy atom. The quantitative estimate of drug-likeness (QED) is 0.740. The lowest BCUT2D eigenvalue weighted by molar-refractivity contribution is -0.122. The van der Waals surface area contributed by atoms with E-state index in [9.17, 15) is 9.59 Å². The van der Waals surface area contributed by atoms with Crippen LogP contribution in [0.2, 0.25) is 0 Å². The molecule has 1 heterocycles. The van der Waals surface area contributed by atoms with Gasteiger partial charge in [0.1, 0.15) is 0 Å². The summed E-state index contributed by atoms with van der Waals surface area (Å²) in [5.41, 5.74) is 5.96. The van der Waals surface area contributed by atoms with Gasteiger partial charge < -0.3 is 16.4 Å². The first-order valence-corrected chi connectivity index (χ1v) is 5.93. The molecular weight excluding hydrogens is 232 g/mol. The molecule has 0 bridgehead atoms. The molecule has 2 atom stereocenters. The van der Waals surface area contributed by atoms with Gasteiger partial charge in [0.05, 0.1) is 5.92 Å². The van der Waals surface area contributed by atoms with E-state index in [-0.39, 0.29) is 23.9 Å². The number of carbonyl (C=O) groups excluding carboxylic acids is 2. The third kappa shape index (κ3) is 2.97. The Balaban J connectivity index is 1.90. The highest BCUT2D eigenvalue weighted by Gasteiger charge is 2.32. The number of carbonyl (C=O) groups is 2. The molecule has 1 aromatic rings. The van der Waals surface area contributed by atoms with E-state index in [2.05, 4.69) is 15.6 Å². The monoisotopic (exact) mass is 248 g/mol. The number of primary amides is 1. The fourth-order valence-electron chi connectivity index (χ4n) is 2.24. The van der Waals surface area contributed by atoms with Crippen molar-refractivity contribution in [3.63, 3.8) is 0 Å². The van der Waals surface area contributed by atoms with Crippen molar-refractivity contribution in [3.8, 4) is 0 Å². The number of nitrogens with zero attached hydrogens (tertiary/aromatic N) is 1. The van der Waals surface area contributed by atoms with E-state index in [0.717, 1.165) is 19.3 Å². The molecule has 96 valence electrons. The van der Waals surface area contributed by atoms with E-state index in [1.165, 1.54) is 0 Å². The van der Waals surface area contributed by atoms with Crippen LogP contribution in [0.4, 0.5) is 10.5 Å². The zero-order chi connectivity index (χ0) is 13.0. The Morgan fingerprint density at radius 3 is 2.67 bits per heavy atom. The Labute approximate surface area is 105 Å². The molecule has 6 heteroatoms. The molecule has 3 amide bonds. The van der Waals surface area contributed by atoms with Gasteiger partial charge in [0.15, 0.2) is 0 Å². The fraction of sp³-hybridized carbons (Fsp3) is 0.417. The number of nitrogens with one attached hydrogen (secondary N) is 2. The molecule has 1 aromatic heterocycles. The van der Waals surface area contributed by atoms with Gasteiger partial charge in [-0.05, 0) is 25.0 Å². The smallest absolute Gasteiger partial charge is 0.319 e. The lowest BCUT2D eigenvalue weighted by Gasteiger charge is -2.18. The van der Waals surface area contributed by atoms with Crippen LogP contribution in [0.25, 0.3) is 0 Å². The van der Waals surface area contributed by atoms with Crippen molar-refractivity contribution in [1.29, 1.82) is 0 Å². The lowest BCUT2D eigenvalue weighted by atomic mass is 10.0. The second-order valence-corrected chi connectivity index (χ2v) is 4.38. The minimum atomic E-state index is -0.346. The fourth-order valence-corrected chi connectivity index (χ4v) is 2.24. The maximum atomic E-state index is 11.7. The van der Waals surface area contributed by atoms with Crippen LogP contribution < -0.4 is 16.4 Å². The molecular formula is C12H16N4O2. The van der Waals surface area contributed by atoms with Crippen LogP contribution in [-0.2, 0) is 4.79 Å². The third-order valence-electron chi connectivity index (χ3n) is 3.14. The third-order valence-corrected chi connectivity index (χ3v) is 3.14. The van der Waals surface area contributed by atoms with Gasteiger partial charge in [-0.25, -0.2) is 4.79 Å². The standard InChI is InChI=1S/C12H16N4O2/c13-11(17)9-2-1-3-10(9)16-12(18)15-8-4-6-14-7-5-8/h4-7,9-10H,1-3H2,(H2,13,17)(H2,14,15,16,18). The van der Waals surface area contributed by atoms with Gasteiger partial charge in [-0.15, -0.1) is 0 Å². The first-order chi connectivity index (χ1) is 8.66. The lowest BCUT2D eigenvalue weighted by Crippen LogP contribution is -2.44. The molecule has 2 rings (SSSR count). The normalized spacial score (nSPS) is 22.4. The highest BCUT2D eigenvalue weighted by Crippen LogP contribution is 2.25. The number of rotatable bonds is 3. The maximum Gasteiger partial charge on any atom is 0.319 e. The second-order valence-electron chi connectivity index (χ2n) is 4.38. The number of nitrogens with two attached hydrogens (primary N) is 1. The van der Waals surface area contributed by atoms with Crippen molar-refractivity contribution in [2.75, 3.05) is 5.32 Å². The van der Waals surface area contributed by atoms with Crippen molar-refractivity contribution in [1.82, 2.24) is 10.3 Å². The first-order valence-electron chi connectivity index (χ1n) is 5.93. The number of pyridine rings is 1. The Bertz CT molecular complexity index is 435. The van der Waals surface area contributed by atoms with E-state index in [1.54, 1.807) is 24.5 Å². The van der Waals surface area contributed by atoms with E-state index < -0.39 is 0 Å². The van der Waals surface area contributed by atoms with Gasteiger partial charge in [0.2, 0.25) is 5.91 Å². The van der Waals surface area contributed by atoms with E-state index in [4.69, 9.17) is 5.73 Å². The van der Waals surface area contributed by atoms with E-state index >= 15 is 0 Å². The predicted molar refractivity (Wildman–Crippen MR) is 66.7 cm³/mol. The van der Waals surface area contributed by atoms with Gasteiger partial charge in [-0.3, -0.25) is 9.78 Å². The molecule has 0 saturated heterocycles. The highest BCUT2D eigenvalue weighted by molar-refractivity contribution is 5.90. The number of aromatic nitrogens is 1. The summed E-state index contributed by atoms with van der Waals surface area (Å²) < 4.78 is 0. The number of amides is 3. The summed E-state index contributed by atoms with van der Waals surface area (Å²) in [6, 6.07) is 2.91. The van der Waals surface area contributed by atoms with Crippen LogP contribution >= 0.6 is 0 Å². The minimum absolute atomic E-state index is 0.163. The topological polar surface area (TPSA) is 97.1 Å². The van der Waals surface area contributed by atoms with Crippen molar-refractivity contribution in [2.24, 2.45) is 11.7 Å². The Hall–Kier alpha value is -2.11. The van der Waals surface area contributed by atoms with Gasteiger partial charge in [-0.2, -0.15) is 0 Å². The summed E-state index contributed by atoms with van der Waals surface area (Å²) in [5.74, 6) is -0.602. The molecule has 2 unspecified atom stereocenters. The van der Waals surface area contributed by atoms with Crippen LogP contribution in [0, 0.1) is 5.92 Å². The first kappa shape index (κ1) is 12.3. The summed E-state index contributed by atoms with van der Waals surface area (Å²) in [5, 5.41) is 5.47. The van der Waals surface area contributed by atoms with Crippen LogP contribution in [0.15, 0.2) is 24.5 Å². The number of urea groups is 1. The molecule has 4 N–H and O–H groups in total. The summed E-state index contributed by atoms with van der Waals surface area (Å²) >= 11 is 0. The molecule has 0 aromatic carbocycles. The number of hydrogen-bond acceptors (Lipinski definition) is 3. The molecule has 1 saturated carbocycles. The zero-order valence-corrected chi connectivity index (χ0v) is 9.93. The molecule has 18 heavy (non-hydrogen) atoms. The summed E-state index contributed by atoms with van der Waals surface area (Å²) in [4.78, 5) is 26.8. The number of anilines is 1. The Kier molecular flexibility index (Phi) is 3.76. The van der Waals surface area contributed by atoms with Crippen molar-refractivity contribution in [3.05, 3.63) is 24.5 Å². The minimum Gasteiger partial charge on any atom is -0.369 e. The molecule has 1 fully saturated rings. The average Bonchev–Trinajstić information content (AvgIpc) is 2.78. The van der Waals surface area contributed by atoms with E-state index in [0.29, 0.717) is 5.69 Å². The summed E-state index contributed by atoms with van der Waals surface area (Å²) in [6.07, 6.45) is 5.63. The zero-order valence-electron chi connectivity index (χ0n) is 9.93. The van der Waals surface area contributed by atoms with Crippen molar-refractivity contribution >= 4 is 17.6 Å². The second kappa shape index (κ2) is 5.48. The maximum absolute atomic E-state index is 11.7. The summed E-state index contributed by atoms with van der Waals surface area (Å²) in [7, 11) is 0. The van der Waals surface area contributed by atoms with Crippen molar-refractivity contribution < 1.29 is 9.59 Å². The molecule has 0 spiro atoms. The van der Waals surface area contributed by atoms with Gasteiger partial charge in [0, 0.05) is 24.1 Å². The Morgan fingerprint density at radius 1 is 1.28 bits per heavy atom. The molecule has 6 nitrogen and oxygen atoms in total. The van der Waals surface area contributed by atoms with E-state index in [1.807, 2.05) is 0 Å². The summed E-state index contributed by atoms with van der Waals surface area (Å²) in [6.45, 7) is 0. The number of hydrogen-bond donors (Lipinski definition) is 3. The molecule has 1 aliphatic rings. The average molecular weight is 248 g/mol. The van der Waals surface area contributed by atoms with Crippen LogP contribution in [0.5, 0.6) is 0 Å². The van der Waals surface area contributed by atoms with Crippen LogP contribution in [-0.4, -0.2) is 23.0 Å². The molecule has 1 aliphatic carbocycles. The predicted octanol–water partition coefficient (Wildman–Crippen LogP) is 0.857. The van der Waals surface area contributed by atoms with Gasteiger partial charge in [-0.1, -0.05) is 6.42 Å². The molecule has 0 radical (unpaired) electrons.